The summed E-state index contributed by atoms with van der Waals surface area (Å²) in [6, 6.07) is 13.8. The quantitative estimate of drug-likeness (QED) is 0.539. The summed E-state index contributed by atoms with van der Waals surface area (Å²) in [5.74, 6) is -0.695. The zero-order valence-corrected chi connectivity index (χ0v) is 12.4. The van der Waals surface area contributed by atoms with Crippen molar-refractivity contribution in [2.45, 2.75) is 6.54 Å². The van der Waals surface area contributed by atoms with Crippen molar-refractivity contribution in [2.24, 2.45) is 0 Å². The number of nitrogens with zero attached hydrogens (tertiary/aromatic N) is 1. The fraction of sp³-hybridized carbons (Fsp3) is 0.0667. The highest BCUT2D eigenvalue weighted by molar-refractivity contribution is 9.10. The average molecular weight is 348 g/mol. The molecule has 3 rings (SSSR count). The smallest absolute Gasteiger partial charge is 0.420 e. The van der Waals surface area contributed by atoms with E-state index in [1.165, 1.54) is 4.57 Å². The largest absolute Gasteiger partial charge is 0.425 e. The van der Waals surface area contributed by atoms with Crippen LogP contribution < -0.4 is 10.5 Å². The Morgan fingerprint density at radius 2 is 1.86 bits per heavy atom. The molecule has 0 unspecified atom stereocenters. The van der Waals surface area contributed by atoms with E-state index in [9.17, 15) is 9.59 Å². The predicted octanol–water partition coefficient (Wildman–Crippen LogP) is 2.96. The van der Waals surface area contributed by atoms with E-state index in [1.807, 2.05) is 0 Å². The van der Waals surface area contributed by atoms with Crippen molar-refractivity contribution >= 4 is 33.0 Å². The molecule has 1 aromatic heterocycles. The lowest BCUT2D eigenvalue weighted by Gasteiger charge is -2.04. The van der Waals surface area contributed by atoms with Crippen LogP contribution in [0.4, 0.5) is 0 Å². The van der Waals surface area contributed by atoms with Crippen LogP contribution in [0, 0.1) is 0 Å². The van der Waals surface area contributed by atoms with Crippen molar-refractivity contribution in [2.75, 3.05) is 0 Å². The van der Waals surface area contributed by atoms with Crippen LogP contribution in [0.3, 0.4) is 0 Å². The van der Waals surface area contributed by atoms with Gasteiger partial charge in [0.25, 0.3) is 0 Å². The second kappa shape index (κ2) is 5.57. The zero-order chi connectivity index (χ0) is 14.8. The van der Waals surface area contributed by atoms with Crippen LogP contribution >= 0.6 is 15.9 Å². The number of para-hydroxylation sites is 2. The molecule has 0 atom stereocenters. The molecule has 0 aliphatic carbocycles. The third kappa shape index (κ3) is 2.90. The summed E-state index contributed by atoms with van der Waals surface area (Å²) < 4.78 is 12.4. The van der Waals surface area contributed by atoms with Crippen molar-refractivity contribution in [3.63, 3.8) is 0 Å². The van der Waals surface area contributed by atoms with E-state index in [4.69, 9.17) is 9.15 Å². The fourth-order valence-electron chi connectivity index (χ4n) is 1.96. The van der Waals surface area contributed by atoms with Crippen molar-refractivity contribution in [1.82, 2.24) is 4.57 Å². The van der Waals surface area contributed by atoms with Crippen molar-refractivity contribution in [3.05, 3.63) is 63.6 Å². The van der Waals surface area contributed by atoms with Crippen LogP contribution in [-0.4, -0.2) is 10.5 Å². The number of carbonyl (C=O) groups is 1. The van der Waals surface area contributed by atoms with Gasteiger partial charge in [0.2, 0.25) is 0 Å². The van der Waals surface area contributed by atoms with Crippen molar-refractivity contribution in [1.29, 1.82) is 0 Å². The molecule has 21 heavy (non-hydrogen) atoms. The van der Waals surface area contributed by atoms with Gasteiger partial charge in [0, 0.05) is 4.47 Å². The normalized spacial score (nSPS) is 10.7. The van der Waals surface area contributed by atoms with Crippen LogP contribution in [0.2, 0.25) is 0 Å². The van der Waals surface area contributed by atoms with E-state index in [0.717, 1.165) is 4.47 Å². The second-order valence-electron chi connectivity index (χ2n) is 4.35. The van der Waals surface area contributed by atoms with Crippen LogP contribution in [0.25, 0.3) is 11.1 Å². The van der Waals surface area contributed by atoms with E-state index < -0.39 is 11.7 Å². The molecule has 0 N–H and O–H groups in total. The van der Waals surface area contributed by atoms with Gasteiger partial charge in [0.05, 0.1) is 5.52 Å². The molecule has 5 nitrogen and oxygen atoms in total. The molecule has 106 valence electrons. The molecule has 2 aromatic carbocycles. The number of oxazole rings is 1. The lowest BCUT2D eigenvalue weighted by Crippen LogP contribution is -2.23. The minimum absolute atomic E-state index is 0.202. The first-order valence-electron chi connectivity index (χ1n) is 6.18. The molecule has 0 amide bonds. The molecule has 0 spiro atoms. The highest BCUT2D eigenvalue weighted by Gasteiger charge is 2.13. The SMILES string of the molecule is O=C(Cn1c(=O)oc2ccccc21)Oc1ccc(Br)cc1. The Balaban J connectivity index is 1.82. The van der Waals surface area contributed by atoms with Gasteiger partial charge in [-0.15, -0.1) is 0 Å². The third-order valence-corrected chi connectivity index (χ3v) is 3.43. The minimum atomic E-state index is -0.580. The van der Waals surface area contributed by atoms with Gasteiger partial charge in [-0.2, -0.15) is 0 Å². The Morgan fingerprint density at radius 3 is 2.62 bits per heavy atom. The Bertz CT molecular complexity index is 848. The Hall–Kier alpha value is -2.34. The summed E-state index contributed by atoms with van der Waals surface area (Å²) in [7, 11) is 0. The number of ether oxygens (including phenoxy) is 1. The number of hydrogen-bond donors (Lipinski definition) is 0. The van der Waals surface area contributed by atoms with Gasteiger partial charge in [0.1, 0.15) is 12.3 Å². The lowest BCUT2D eigenvalue weighted by atomic mass is 10.3. The minimum Gasteiger partial charge on any atom is -0.425 e. The van der Waals surface area contributed by atoms with E-state index >= 15 is 0 Å². The fourth-order valence-corrected chi connectivity index (χ4v) is 2.22. The first-order valence-corrected chi connectivity index (χ1v) is 6.97. The van der Waals surface area contributed by atoms with Crippen molar-refractivity contribution in [3.8, 4) is 5.75 Å². The lowest BCUT2D eigenvalue weighted by molar-refractivity contribution is -0.135. The van der Waals surface area contributed by atoms with Gasteiger partial charge in [-0.05, 0) is 36.4 Å². The Morgan fingerprint density at radius 1 is 1.14 bits per heavy atom. The molecule has 0 aliphatic heterocycles. The molecule has 0 fully saturated rings. The second-order valence-corrected chi connectivity index (χ2v) is 5.27. The van der Waals surface area contributed by atoms with Gasteiger partial charge in [0.15, 0.2) is 5.58 Å². The molecule has 6 heteroatoms. The van der Waals surface area contributed by atoms with Crippen LogP contribution in [-0.2, 0) is 11.3 Å². The van der Waals surface area contributed by atoms with Crippen LogP contribution in [0.5, 0.6) is 5.75 Å². The molecule has 0 radical (unpaired) electrons. The Kier molecular flexibility index (Phi) is 3.62. The molecule has 1 heterocycles. The summed E-state index contributed by atoms with van der Waals surface area (Å²) >= 11 is 3.30. The molecule has 0 saturated heterocycles. The van der Waals surface area contributed by atoms with Crippen molar-refractivity contribution < 1.29 is 13.9 Å². The molecule has 3 aromatic rings. The average Bonchev–Trinajstić information content (AvgIpc) is 2.78. The van der Waals surface area contributed by atoms with E-state index in [-0.39, 0.29) is 6.54 Å². The Labute approximate surface area is 127 Å². The van der Waals surface area contributed by atoms with Gasteiger partial charge < -0.3 is 9.15 Å². The zero-order valence-electron chi connectivity index (χ0n) is 10.8. The van der Waals surface area contributed by atoms with E-state index in [2.05, 4.69) is 15.9 Å². The van der Waals surface area contributed by atoms with Gasteiger partial charge in [-0.3, -0.25) is 4.57 Å². The van der Waals surface area contributed by atoms with E-state index in [0.29, 0.717) is 16.8 Å². The number of esters is 1. The number of hydrogen-bond acceptors (Lipinski definition) is 4. The topological polar surface area (TPSA) is 61.4 Å². The van der Waals surface area contributed by atoms with Gasteiger partial charge in [-0.1, -0.05) is 28.1 Å². The highest BCUT2D eigenvalue weighted by Crippen LogP contribution is 2.17. The monoisotopic (exact) mass is 347 g/mol. The molecule has 0 bridgehead atoms. The molecular weight excluding hydrogens is 338 g/mol. The maximum Gasteiger partial charge on any atom is 0.420 e. The van der Waals surface area contributed by atoms with Crippen LogP contribution in [0.1, 0.15) is 0 Å². The predicted molar refractivity (Wildman–Crippen MR) is 80.3 cm³/mol. The number of aromatic nitrogens is 1. The number of fused-ring (bicyclic) bond motifs is 1. The first-order chi connectivity index (χ1) is 10.1. The standard InChI is InChI=1S/C15H10BrNO4/c16-10-5-7-11(8-6-10)20-14(18)9-17-12-3-1-2-4-13(12)21-15(17)19/h1-8H,9H2. The summed E-state index contributed by atoms with van der Waals surface area (Å²) in [6.07, 6.45) is 0. The number of benzene rings is 2. The maximum atomic E-state index is 11.9. The summed E-state index contributed by atoms with van der Waals surface area (Å²) in [5, 5.41) is 0. The molecular formula is C15H10BrNO4. The molecule has 0 saturated carbocycles. The maximum absolute atomic E-state index is 11.9. The molecule has 0 aliphatic rings. The van der Waals surface area contributed by atoms with Crippen LogP contribution in [0.15, 0.2) is 62.2 Å². The number of halogens is 1. The van der Waals surface area contributed by atoms with Gasteiger partial charge in [-0.25, -0.2) is 9.59 Å². The summed E-state index contributed by atoms with van der Waals surface area (Å²) in [6.45, 7) is -0.202. The van der Waals surface area contributed by atoms with E-state index in [1.54, 1.807) is 48.5 Å². The number of carbonyl (C=O) groups excluding carboxylic acids is 1. The van der Waals surface area contributed by atoms with Gasteiger partial charge >= 0.3 is 11.7 Å². The summed E-state index contributed by atoms with van der Waals surface area (Å²) in [4.78, 5) is 23.7. The number of rotatable bonds is 3. The first kappa shape index (κ1) is 13.6. The highest BCUT2D eigenvalue weighted by atomic mass is 79.9. The third-order valence-electron chi connectivity index (χ3n) is 2.91. The summed E-state index contributed by atoms with van der Waals surface area (Å²) in [5.41, 5.74) is 1.01.